The molecule has 0 spiro atoms. The van der Waals surface area contributed by atoms with Gasteiger partial charge in [-0.1, -0.05) is 72.8 Å². The number of halogens is 1. The number of pyridine rings is 1. The van der Waals surface area contributed by atoms with Crippen LogP contribution >= 0.6 is 34.7 Å². The number of rotatable bonds is 6. The van der Waals surface area contributed by atoms with Gasteiger partial charge in [0.25, 0.3) is 5.56 Å². The molecule has 7 heteroatoms. The van der Waals surface area contributed by atoms with Crippen molar-refractivity contribution in [1.29, 1.82) is 0 Å². The Labute approximate surface area is 198 Å². The molecule has 5 rings (SSSR count). The molecule has 32 heavy (non-hydrogen) atoms. The van der Waals surface area contributed by atoms with E-state index in [9.17, 15) is 4.79 Å². The number of hydrogen-bond donors (Lipinski definition) is 0. The van der Waals surface area contributed by atoms with Crippen LogP contribution in [0.1, 0.15) is 23.6 Å². The molecule has 0 N–H and O–H groups in total. The molecule has 0 saturated heterocycles. The van der Waals surface area contributed by atoms with Crippen LogP contribution in [0.15, 0.2) is 76.8 Å². The molecule has 160 valence electrons. The highest BCUT2D eigenvalue weighted by atomic mass is 35.5. The molecule has 4 nitrogen and oxygen atoms in total. The zero-order valence-corrected chi connectivity index (χ0v) is 19.8. The first-order valence-corrected chi connectivity index (χ1v) is 12.5. The second-order valence-corrected chi connectivity index (χ2v) is 9.82. The van der Waals surface area contributed by atoms with Gasteiger partial charge in [0.15, 0.2) is 5.16 Å². The van der Waals surface area contributed by atoms with Gasteiger partial charge < -0.3 is 0 Å². The summed E-state index contributed by atoms with van der Waals surface area (Å²) < 4.78 is 2.42. The summed E-state index contributed by atoms with van der Waals surface area (Å²) in [6.07, 6.45) is 2.74. The van der Waals surface area contributed by atoms with Crippen molar-refractivity contribution in [3.05, 3.63) is 98.9 Å². The summed E-state index contributed by atoms with van der Waals surface area (Å²) in [7, 11) is 0. The smallest absolute Gasteiger partial charge is 0.272 e. The van der Waals surface area contributed by atoms with Crippen LogP contribution in [0.5, 0.6) is 0 Å². The molecule has 0 aliphatic carbocycles. The summed E-state index contributed by atoms with van der Waals surface area (Å²) in [5.41, 5.74) is 4.06. The SMILES string of the molecule is CCc1ccc(Cn2c(SCc3ccccc3Cl)nc3c(sc4ncccc43)c2=O)cc1. The molecule has 0 unspecified atom stereocenters. The molecule has 0 atom stereocenters. The van der Waals surface area contributed by atoms with Crippen molar-refractivity contribution in [2.24, 2.45) is 0 Å². The van der Waals surface area contributed by atoms with Crippen LogP contribution in [0.3, 0.4) is 0 Å². The maximum atomic E-state index is 13.6. The fourth-order valence-electron chi connectivity index (χ4n) is 3.61. The molecule has 0 saturated carbocycles. The Bertz CT molecular complexity index is 1470. The van der Waals surface area contributed by atoms with Gasteiger partial charge in [0.1, 0.15) is 9.53 Å². The van der Waals surface area contributed by atoms with Crippen LogP contribution in [0.4, 0.5) is 0 Å². The van der Waals surface area contributed by atoms with Crippen LogP contribution in [0, 0.1) is 0 Å². The van der Waals surface area contributed by atoms with Gasteiger partial charge in [-0.25, -0.2) is 9.97 Å². The maximum Gasteiger partial charge on any atom is 0.272 e. The monoisotopic (exact) mass is 477 g/mol. The van der Waals surface area contributed by atoms with E-state index in [0.717, 1.165) is 38.3 Å². The molecule has 0 aliphatic heterocycles. The molecule has 3 heterocycles. The number of fused-ring (bicyclic) bond motifs is 3. The summed E-state index contributed by atoms with van der Waals surface area (Å²) in [4.78, 5) is 23.8. The molecule has 0 fully saturated rings. The summed E-state index contributed by atoms with van der Waals surface area (Å²) in [5, 5.41) is 2.32. The molecule has 3 aromatic heterocycles. The van der Waals surface area contributed by atoms with Gasteiger partial charge in [-0.05, 0) is 41.3 Å². The average molecular weight is 478 g/mol. The third-order valence-electron chi connectivity index (χ3n) is 5.40. The third kappa shape index (κ3) is 4.06. The number of thioether (sulfide) groups is 1. The summed E-state index contributed by atoms with van der Waals surface area (Å²) in [5.74, 6) is 0.632. The number of benzene rings is 2. The van der Waals surface area contributed by atoms with E-state index in [1.54, 1.807) is 10.8 Å². The molecule has 0 bridgehead atoms. The van der Waals surface area contributed by atoms with Gasteiger partial charge in [-0.15, -0.1) is 11.3 Å². The lowest BCUT2D eigenvalue weighted by Crippen LogP contribution is -2.23. The zero-order valence-electron chi connectivity index (χ0n) is 17.4. The molecule has 0 amide bonds. The van der Waals surface area contributed by atoms with E-state index in [1.807, 2.05) is 36.4 Å². The first-order chi connectivity index (χ1) is 15.6. The molecule has 0 aliphatic rings. The minimum Gasteiger partial charge on any atom is -0.282 e. The highest BCUT2D eigenvalue weighted by molar-refractivity contribution is 7.98. The maximum absolute atomic E-state index is 13.6. The second-order valence-electron chi connectivity index (χ2n) is 7.47. The third-order valence-corrected chi connectivity index (χ3v) is 7.89. The lowest BCUT2D eigenvalue weighted by Gasteiger charge is -2.13. The second kappa shape index (κ2) is 9.06. The van der Waals surface area contributed by atoms with Crippen molar-refractivity contribution in [3.8, 4) is 0 Å². The van der Waals surface area contributed by atoms with E-state index < -0.39 is 0 Å². The lowest BCUT2D eigenvalue weighted by atomic mass is 10.1. The predicted octanol–water partition coefficient (Wildman–Crippen LogP) is 6.56. The van der Waals surface area contributed by atoms with Crippen molar-refractivity contribution < 1.29 is 0 Å². The summed E-state index contributed by atoms with van der Waals surface area (Å²) in [6, 6.07) is 20.0. The van der Waals surface area contributed by atoms with E-state index in [2.05, 4.69) is 36.2 Å². The number of hydrogen-bond acceptors (Lipinski definition) is 5. The largest absolute Gasteiger partial charge is 0.282 e. The Balaban J connectivity index is 1.62. The van der Waals surface area contributed by atoms with E-state index in [0.29, 0.717) is 22.2 Å². The summed E-state index contributed by atoms with van der Waals surface area (Å²) in [6.45, 7) is 2.61. The highest BCUT2D eigenvalue weighted by Crippen LogP contribution is 2.32. The Morgan fingerprint density at radius 3 is 2.59 bits per heavy atom. The fraction of sp³-hybridized carbons (Fsp3) is 0.160. The van der Waals surface area contributed by atoms with E-state index in [1.165, 1.54) is 28.7 Å². The van der Waals surface area contributed by atoms with Crippen molar-refractivity contribution in [1.82, 2.24) is 14.5 Å². The summed E-state index contributed by atoms with van der Waals surface area (Å²) >= 11 is 9.31. The number of aryl methyl sites for hydroxylation is 1. The van der Waals surface area contributed by atoms with Crippen molar-refractivity contribution in [2.45, 2.75) is 30.8 Å². The van der Waals surface area contributed by atoms with E-state index in [4.69, 9.17) is 16.6 Å². The van der Waals surface area contributed by atoms with Gasteiger partial charge in [-0.3, -0.25) is 9.36 Å². The normalized spacial score (nSPS) is 11.4. The molecular weight excluding hydrogens is 458 g/mol. The molecule has 5 aromatic rings. The van der Waals surface area contributed by atoms with Gasteiger partial charge in [0, 0.05) is 22.4 Å². The topological polar surface area (TPSA) is 47.8 Å². The Morgan fingerprint density at radius 1 is 1.03 bits per heavy atom. The van der Waals surface area contributed by atoms with Crippen LogP contribution in [0.2, 0.25) is 5.02 Å². The number of aromatic nitrogens is 3. The standard InChI is InChI=1S/C25H20ClN3OS2/c1-2-16-9-11-17(12-10-16)14-29-24(30)22-21(19-7-5-13-27-23(19)32-22)28-25(29)31-15-18-6-3-4-8-20(18)26/h3-13H,2,14-15H2,1H3. The minimum atomic E-state index is -0.0285. The van der Waals surface area contributed by atoms with Crippen molar-refractivity contribution >= 4 is 55.1 Å². The van der Waals surface area contributed by atoms with Crippen molar-refractivity contribution in [2.75, 3.05) is 0 Å². The number of thiophene rings is 1. The van der Waals surface area contributed by atoms with Crippen LogP contribution in [-0.2, 0) is 18.7 Å². The van der Waals surface area contributed by atoms with Crippen LogP contribution in [-0.4, -0.2) is 14.5 Å². The van der Waals surface area contributed by atoms with Gasteiger partial charge in [0.05, 0.1) is 12.1 Å². The van der Waals surface area contributed by atoms with Crippen LogP contribution < -0.4 is 5.56 Å². The first kappa shape index (κ1) is 21.2. The van der Waals surface area contributed by atoms with Crippen LogP contribution in [0.25, 0.3) is 20.4 Å². The van der Waals surface area contributed by atoms with Gasteiger partial charge in [0.2, 0.25) is 0 Å². The predicted molar refractivity (Wildman–Crippen MR) is 135 cm³/mol. The van der Waals surface area contributed by atoms with E-state index in [-0.39, 0.29) is 5.56 Å². The number of nitrogens with zero attached hydrogens (tertiary/aromatic N) is 3. The quantitative estimate of drug-likeness (QED) is 0.205. The molecular formula is C25H20ClN3OS2. The van der Waals surface area contributed by atoms with E-state index >= 15 is 0 Å². The molecule has 2 aromatic carbocycles. The molecule has 0 radical (unpaired) electrons. The van der Waals surface area contributed by atoms with Gasteiger partial charge >= 0.3 is 0 Å². The Morgan fingerprint density at radius 2 is 1.81 bits per heavy atom. The van der Waals surface area contributed by atoms with Crippen molar-refractivity contribution in [3.63, 3.8) is 0 Å². The van der Waals surface area contributed by atoms with Gasteiger partial charge in [-0.2, -0.15) is 0 Å². The Hall–Kier alpha value is -2.67. The zero-order chi connectivity index (χ0) is 22.1. The average Bonchev–Trinajstić information content (AvgIpc) is 3.20. The minimum absolute atomic E-state index is 0.0285. The first-order valence-electron chi connectivity index (χ1n) is 10.4. The highest BCUT2D eigenvalue weighted by Gasteiger charge is 2.17. The lowest BCUT2D eigenvalue weighted by molar-refractivity contribution is 0.659. The Kier molecular flexibility index (Phi) is 6.00. The fourth-order valence-corrected chi connectivity index (χ4v) is 5.92.